The van der Waals surface area contributed by atoms with Crippen LogP contribution >= 0.6 is 0 Å². The number of amides is 1. The molecule has 0 saturated carbocycles. The molecule has 1 fully saturated rings. The molecule has 0 aromatic carbocycles. The lowest BCUT2D eigenvalue weighted by Crippen LogP contribution is -2.48. The minimum atomic E-state index is 0.0470. The minimum absolute atomic E-state index is 0.0470. The summed E-state index contributed by atoms with van der Waals surface area (Å²) in [6.45, 7) is 8.17. The fraction of sp³-hybridized carbons (Fsp3) is 0.292. The van der Waals surface area contributed by atoms with Crippen LogP contribution in [0.3, 0.4) is 0 Å². The number of aromatic nitrogens is 5. The molecule has 1 saturated heterocycles. The first-order valence-corrected chi connectivity index (χ1v) is 11.1. The van der Waals surface area contributed by atoms with Crippen LogP contribution in [-0.2, 0) is 4.79 Å². The highest BCUT2D eigenvalue weighted by Gasteiger charge is 2.19. The number of piperazine rings is 1. The van der Waals surface area contributed by atoms with Gasteiger partial charge in [-0.25, -0.2) is 19.5 Å². The number of nitrogens with one attached hydrogen (secondary N) is 2. The van der Waals surface area contributed by atoms with Crippen LogP contribution in [0.15, 0.2) is 48.9 Å². The van der Waals surface area contributed by atoms with Crippen LogP contribution < -0.4 is 15.5 Å². The molecule has 1 amide bonds. The molecule has 5 rings (SSSR count). The van der Waals surface area contributed by atoms with Gasteiger partial charge in [-0.3, -0.25) is 4.79 Å². The molecule has 168 valence electrons. The number of rotatable bonds is 5. The van der Waals surface area contributed by atoms with E-state index >= 15 is 0 Å². The van der Waals surface area contributed by atoms with E-state index in [2.05, 4.69) is 50.6 Å². The largest absolute Gasteiger partial charge is 0.309 e. The minimum Gasteiger partial charge on any atom is -0.309 e. The molecule has 0 aliphatic carbocycles. The van der Waals surface area contributed by atoms with Crippen LogP contribution in [0, 0.1) is 6.92 Å². The van der Waals surface area contributed by atoms with Crippen molar-refractivity contribution in [3.63, 3.8) is 0 Å². The number of pyridine rings is 2. The monoisotopic (exact) mass is 442 g/mol. The molecule has 1 aliphatic rings. The highest BCUT2D eigenvalue weighted by atomic mass is 16.2. The maximum atomic E-state index is 12.1. The lowest BCUT2D eigenvalue weighted by Gasteiger charge is -2.27. The number of nitrogens with zero attached hydrogens (tertiary/aromatic N) is 6. The Morgan fingerprint density at radius 3 is 2.79 bits per heavy atom. The molecule has 4 aromatic rings. The first-order valence-electron chi connectivity index (χ1n) is 11.1. The Morgan fingerprint density at radius 1 is 1.15 bits per heavy atom. The summed E-state index contributed by atoms with van der Waals surface area (Å²) >= 11 is 0. The zero-order valence-corrected chi connectivity index (χ0v) is 18.9. The van der Waals surface area contributed by atoms with Crippen molar-refractivity contribution in [1.29, 1.82) is 0 Å². The Balaban J connectivity index is 1.38. The van der Waals surface area contributed by atoms with E-state index in [9.17, 15) is 4.79 Å². The molecule has 33 heavy (non-hydrogen) atoms. The van der Waals surface area contributed by atoms with Gasteiger partial charge in [-0.1, -0.05) is 13.8 Å². The number of fused-ring (bicyclic) bond motifs is 1. The molecule has 1 aliphatic heterocycles. The van der Waals surface area contributed by atoms with Gasteiger partial charge in [0, 0.05) is 36.6 Å². The van der Waals surface area contributed by atoms with E-state index in [4.69, 9.17) is 0 Å². The molecule has 0 unspecified atom stereocenters. The second-order valence-electron chi connectivity index (χ2n) is 8.41. The molecule has 4 aromatic heterocycles. The molecule has 0 bridgehead atoms. The standard InChI is InChI=1S/C24H26N8O/c1-15(2)23-16(3)30-32-10-7-17(12-20(23)32)19-6-8-26-24(28-19)29-21-5-4-18(13-27-21)31-11-9-25-14-22(31)33/h4-8,10,12-13,15,25H,9,11,14H2,1-3H3,(H,26,27,28,29). The van der Waals surface area contributed by atoms with Gasteiger partial charge >= 0.3 is 0 Å². The van der Waals surface area contributed by atoms with Gasteiger partial charge in [0.25, 0.3) is 0 Å². The summed E-state index contributed by atoms with van der Waals surface area (Å²) in [7, 11) is 0. The van der Waals surface area contributed by atoms with E-state index in [-0.39, 0.29) is 5.91 Å². The van der Waals surface area contributed by atoms with Gasteiger partial charge in [0.1, 0.15) is 5.82 Å². The Kier molecular flexibility index (Phi) is 5.47. The van der Waals surface area contributed by atoms with Crippen molar-refractivity contribution >= 4 is 28.9 Å². The van der Waals surface area contributed by atoms with Crippen molar-refractivity contribution in [3.8, 4) is 11.3 Å². The molecular formula is C24H26N8O. The average molecular weight is 443 g/mol. The molecule has 0 spiro atoms. The fourth-order valence-electron chi connectivity index (χ4n) is 4.25. The van der Waals surface area contributed by atoms with Gasteiger partial charge in [-0.15, -0.1) is 0 Å². The fourth-order valence-corrected chi connectivity index (χ4v) is 4.25. The number of hydrogen-bond acceptors (Lipinski definition) is 7. The second kappa shape index (κ2) is 8.59. The lowest BCUT2D eigenvalue weighted by molar-refractivity contribution is -0.118. The van der Waals surface area contributed by atoms with Crippen molar-refractivity contribution in [2.75, 3.05) is 29.9 Å². The molecular weight excluding hydrogens is 416 g/mol. The van der Waals surface area contributed by atoms with Gasteiger partial charge in [0.15, 0.2) is 0 Å². The van der Waals surface area contributed by atoms with Crippen molar-refractivity contribution < 1.29 is 4.79 Å². The normalized spacial score (nSPS) is 14.3. The van der Waals surface area contributed by atoms with E-state index in [1.165, 1.54) is 5.56 Å². The topological polar surface area (TPSA) is 100 Å². The van der Waals surface area contributed by atoms with Crippen molar-refractivity contribution in [1.82, 2.24) is 29.9 Å². The number of carbonyl (C=O) groups is 1. The van der Waals surface area contributed by atoms with Gasteiger partial charge < -0.3 is 15.5 Å². The van der Waals surface area contributed by atoms with Gasteiger partial charge in [-0.2, -0.15) is 5.10 Å². The third-order valence-corrected chi connectivity index (χ3v) is 5.78. The third-order valence-electron chi connectivity index (χ3n) is 5.78. The quantitative estimate of drug-likeness (QED) is 0.489. The zero-order valence-electron chi connectivity index (χ0n) is 18.9. The molecule has 2 N–H and O–H groups in total. The zero-order chi connectivity index (χ0) is 22.9. The maximum Gasteiger partial charge on any atom is 0.241 e. The van der Waals surface area contributed by atoms with E-state index in [1.54, 1.807) is 17.3 Å². The van der Waals surface area contributed by atoms with Crippen LogP contribution in [0.25, 0.3) is 16.8 Å². The molecule has 9 nitrogen and oxygen atoms in total. The van der Waals surface area contributed by atoms with E-state index in [0.29, 0.717) is 30.8 Å². The second-order valence-corrected chi connectivity index (χ2v) is 8.41. The van der Waals surface area contributed by atoms with E-state index < -0.39 is 0 Å². The van der Waals surface area contributed by atoms with Gasteiger partial charge in [0.05, 0.1) is 35.3 Å². The summed E-state index contributed by atoms with van der Waals surface area (Å²) in [5.74, 6) is 1.50. The highest BCUT2D eigenvalue weighted by molar-refractivity contribution is 5.95. The van der Waals surface area contributed by atoms with Crippen LogP contribution in [-0.4, -0.2) is 50.1 Å². The molecule has 0 atom stereocenters. The van der Waals surface area contributed by atoms with Crippen molar-refractivity contribution in [3.05, 3.63) is 60.2 Å². The van der Waals surface area contributed by atoms with Gasteiger partial charge in [0.2, 0.25) is 11.9 Å². The maximum absolute atomic E-state index is 12.1. The lowest BCUT2D eigenvalue weighted by atomic mass is 10.0. The summed E-state index contributed by atoms with van der Waals surface area (Å²) in [5, 5.41) is 10.9. The summed E-state index contributed by atoms with van der Waals surface area (Å²) in [5.41, 5.74) is 5.97. The molecule has 5 heterocycles. The molecule has 0 radical (unpaired) electrons. The van der Waals surface area contributed by atoms with Crippen molar-refractivity contribution in [2.24, 2.45) is 0 Å². The predicted molar refractivity (Wildman–Crippen MR) is 128 cm³/mol. The summed E-state index contributed by atoms with van der Waals surface area (Å²) in [6.07, 6.45) is 5.39. The first-order chi connectivity index (χ1) is 16.0. The Labute approximate surface area is 191 Å². The number of aryl methyl sites for hydroxylation is 1. The van der Waals surface area contributed by atoms with Crippen LogP contribution in [0.4, 0.5) is 17.5 Å². The Morgan fingerprint density at radius 2 is 2.03 bits per heavy atom. The van der Waals surface area contributed by atoms with Crippen molar-refractivity contribution in [2.45, 2.75) is 26.7 Å². The third kappa shape index (κ3) is 4.14. The van der Waals surface area contributed by atoms with E-state index in [0.717, 1.165) is 34.7 Å². The van der Waals surface area contributed by atoms with Crippen LogP contribution in [0.5, 0.6) is 0 Å². The first kappa shape index (κ1) is 21.0. The van der Waals surface area contributed by atoms with E-state index in [1.807, 2.05) is 41.9 Å². The summed E-state index contributed by atoms with van der Waals surface area (Å²) in [4.78, 5) is 27.3. The van der Waals surface area contributed by atoms with Crippen LogP contribution in [0.2, 0.25) is 0 Å². The smallest absolute Gasteiger partial charge is 0.241 e. The average Bonchev–Trinajstić information content (AvgIpc) is 3.15. The Bertz CT molecular complexity index is 1310. The number of hydrogen-bond donors (Lipinski definition) is 2. The number of carbonyl (C=O) groups excluding carboxylic acids is 1. The highest BCUT2D eigenvalue weighted by Crippen LogP contribution is 2.28. The summed E-state index contributed by atoms with van der Waals surface area (Å²) in [6, 6.07) is 9.73. The van der Waals surface area contributed by atoms with Crippen LogP contribution in [0.1, 0.15) is 31.0 Å². The predicted octanol–water partition coefficient (Wildman–Crippen LogP) is 3.30. The van der Waals surface area contributed by atoms with Gasteiger partial charge in [-0.05, 0) is 43.2 Å². The summed E-state index contributed by atoms with van der Waals surface area (Å²) < 4.78 is 1.92. The number of anilines is 3. The SMILES string of the molecule is Cc1nn2ccc(-c3ccnc(Nc4ccc(N5CCNCC5=O)cn4)n3)cc2c1C(C)C. The Hall–Kier alpha value is -3.85. The molecule has 9 heteroatoms.